The summed E-state index contributed by atoms with van der Waals surface area (Å²) >= 11 is 3.48. The Balaban J connectivity index is 2.12. The van der Waals surface area contributed by atoms with Gasteiger partial charge < -0.3 is 14.8 Å². The molecular weight excluding hydrogens is 330 g/mol. The van der Waals surface area contributed by atoms with E-state index in [0.717, 1.165) is 46.9 Å². The lowest BCUT2D eigenvalue weighted by atomic mass is 10.2. The van der Waals surface area contributed by atoms with Gasteiger partial charge in [0.05, 0.1) is 6.61 Å². The number of rotatable bonds is 7. The van der Waals surface area contributed by atoms with Crippen molar-refractivity contribution in [1.82, 2.24) is 5.32 Å². The van der Waals surface area contributed by atoms with E-state index in [2.05, 4.69) is 34.2 Å². The second-order valence-electron chi connectivity index (χ2n) is 4.70. The van der Waals surface area contributed by atoms with E-state index in [1.54, 1.807) is 0 Å². The van der Waals surface area contributed by atoms with E-state index < -0.39 is 0 Å². The van der Waals surface area contributed by atoms with E-state index >= 15 is 0 Å². The molecule has 0 spiro atoms. The van der Waals surface area contributed by atoms with Crippen molar-refractivity contribution < 1.29 is 9.47 Å². The lowest BCUT2D eigenvalue weighted by Crippen LogP contribution is -2.06. The van der Waals surface area contributed by atoms with Crippen molar-refractivity contribution in [3.05, 3.63) is 52.5 Å². The number of hydrogen-bond donors (Lipinski definition) is 1. The van der Waals surface area contributed by atoms with Crippen molar-refractivity contribution >= 4 is 15.9 Å². The highest BCUT2D eigenvalue weighted by Gasteiger charge is 2.06. The average molecular weight is 350 g/mol. The lowest BCUT2D eigenvalue weighted by molar-refractivity contribution is 0.317. The van der Waals surface area contributed by atoms with Crippen LogP contribution in [0.15, 0.2) is 46.9 Å². The molecule has 0 atom stereocenters. The zero-order valence-electron chi connectivity index (χ0n) is 12.4. The summed E-state index contributed by atoms with van der Waals surface area (Å²) in [6.45, 7) is 3.59. The molecule has 0 heterocycles. The van der Waals surface area contributed by atoms with Gasteiger partial charge in [-0.1, -0.05) is 28.9 Å². The lowest BCUT2D eigenvalue weighted by Gasteiger charge is -2.12. The van der Waals surface area contributed by atoms with Gasteiger partial charge in [0.25, 0.3) is 0 Å². The predicted molar refractivity (Wildman–Crippen MR) is 89.2 cm³/mol. The molecule has 4 heteroatoms. The average Bonchev–Trinajstić information content (AvgIpc) is 2.49. The van der Waals surface area contributed by atoms with Gasteiger partial charge in [-0.25, -0.2) is 0 Å². The summed E-state index contributed by atoms with van der Waals surface area (Å²) in [4.78, 5) is 0. The molecule has 2 aromatic carbocycles. The molecular formula is C17H20BrNO2. The minimum Gasteiger partial charge on any atom is -0.494 e. The zero-order valence-corrected chi connectivity index (χ0v) is 13.9. The number of hydrogen-bond acceptors (Lipinski definition) is 3. The van der Waals surface area contributed by atoms with Crippen LogP contribution in [0.2, 0.25) is 0 Å². The fourth-order valence-corrected chi connectivity index (χ4v) is 2.25. The highest BCUT2D eigenvalue weighted by atomic mass is 79.9. The highest BCUT2D eigenvalue weighted by Crippen LogP contribution is 2.29. The first-order valence-corrected chi connectivity index (χ1v) is 7.86. The van der Waals surface area contributed by atoms with Crippen LogP contribution in [-0.2, 0) is 6.54 Å². The minimum absolute atomic E-state index is 0.734. The molecule has 1 N–H and O–H groups in total. The second kappa shape index (κ2) is 8.05. The van der Waals surface area contributed by atoms with Crippen LogP contribution in [0.4, 0.5) is 0 Å². The Kier molecular flexibility index (Phi) is 6.08. The molecule has 112 valence electrons. The summed E-state index contributed by atoms with van der Waals surface area (Å²) in [5.41, 5.74) is 1.12. The van der Waals surface area contributed by atoms with Crippen LogP contribution in [0, 0.1) is 0 Å². The summed E-state index contributed by atoms with van der Waals surface area (Å²) < 4.78 is 12.5. The van der Waals surface area contributed by atoms with Crippen LogP contribution in [0.1, 0.15) is 18.9 Å². The van der Waals surface area contributed by atoms with E-state index in [1.165, 1.54) is 0 Å². The zero-order chi connectivity index (χ0) is 15.1. The summed E-state index contributed by atoms with van der Waals surface area (Å²) in [5, 5.41) is 3.15. The molecule has 0 radical (unpaired) electrons. The number of ether oxygens (including phenoxy) is 2. The van der Waals surface area contributed by atoms with Crippen molar-refractivity contribution in [3.63, 3.8) is 0 Å². The summed E-state index contributed by atoms with van der Waals surface area (Å²) in [6.07, 6.45) is 1.00. The molecule has 0 aromatic heterocycles. The molecule has 2 rings (SSSR count). The van der Waals surface area contributed by atoms with Gasteiger partial charge in [-0.3, -0.25) is 0 Å². The molecule has 0 fully saturated rings. The van der Waals surface area contributed by atoms with Gasteiger partial charge in [-0.05, 0) is 49.9 Å². The first-order chi connectivity index (χ1) is 10.2. The van der Waals surface area contributed by atoms with Crippen LogP contribution in [0.3, 0.4) is 0 Å². The fourth-order valence-electron chi connectivity index (χ4n) is 1.91. The molecule has 21 heavy (non-hydrogen) atoms. The largest absolute Gasteiger partial charge is 0.494 e. The van der Waals surface area contributed by atoms with Gasteiger partial charge in [0.1, 0.15) is 17.2 Å². The number of halogens is 1. The van der Waals surface area contributed by atoms with Gasteiger partial charge in [0.2, 0.25) is 0 Å². The Morgan fingerprint density at radius 1 is 1.05 bits per heavy atom. The third-order valence-corrected chi connectivity index (χ3v) is 3.41. The molecule has 0 amide bonds. The third-order valence-electron chi connectivity index (χ3n) is 2.92. The van der Waals surface area contributed by atoms with Crippen LogP contribution in [-0.4, -0.2) is 13.7 Å². The first kappa shape index (κ1) is 15.9. The van der Waals surface area contributed by atoms with Crippen molar-refractivity contribution in [2.45, 2.75) is 19.9 Å². The summed E-state index contributed by atoms with van der Waals surface area (Å²) in [5.74, 6) is 2.52. The normalized spacial score (nSPS) is 10.4. The van der Waals surface area contributed by atoms with E-state index in [4.69, 9.17) is 9.47 Å². The number of benzene rings is 2. The molecule has 2 aromatic rings. The maximum Gasteiger partial charge on any atom is 0.133 e. The van der Waals surface area contributed by atoms with Crippen LogP contribution < -0.4 is 14.8 Å². The maximum atomic E-state index is 5.98. The molecule has 0 aliphatic heterocycles. The Morgan fingerprint density at radius 2 is 1.76 bits per heavy atom. The van der Waals surface area contributed by atoms with Crippen LogP contribution in [0.25, 0.3) is 0 Å². The topological polar surface area (TPSA) is 30.5 Å². The predicted octanol–water partition coefficient (Wildman–Crippen LogP) is 4.75. The maximum absolute atomic E-state index is 5.98. The van der Waals surface area contributed by atoms with Gasteiger partial charge in [0.15, 0.2) is 0 Å². The Hall–Kier alpha value is -1.52. The van der Waals surface area contributed by atoms with Crippen molar-refractivity contribution in [1.29, 1.82) is 0 Å². The SMILES string of the molecule is CCCOc1ccc(Oc2cc(Br)ccc2CNC)cc1. The summed E-state index contributed by atoms with van der Waals surface area (Å²) in [6, 6.07) is 13.8. The number of nitrogens with one attached hydrogen (secondary N) is 1. The molecule has 0 aliphatic carbocycles. The first-order valence-electron chi connectivity index (χ1n) is 7.06. The van der Waals surface area contributed by atoms with Crippen molar-refractivity contribution in [2.24, 2.45) is 0 Å². The quantitative estimate of drug-likeness (QED) is 0.782. The standard InChI is InChI=1S/C17H20BrNO2/c1-3-10-20-15-6-8-16(9-7-15)21-17-11-14(18)5-4-13(17)12-19-2/h4-9,11,19H,3,10,12H2,1-2H3. The molecule has 0 bridgehead atoms. The third kappa shape index (κ3) is 4.76. The van der Waals surface area contributed by atoms with Gasteiger partial charge in [-0.15, -0.1) is 0 Å². The Morgan fingerprint density at radius 3 is 2.43 bits per heavy atom. The molecule has 3 nitrogen and oxygen atoms in total. The Labute approximate surface area is 134 Å². The Bertz CT molecular complexity index is 570. The minimum atomic E-state index is 0.734. The molecule has 0 unspecified atom stereocenters. The van der Waals surface area contributed by atoms with Crippen molar-refractivity contribution in [2.75, 3.05) is 13.7 Å². The van der Waals surface area contributed by atoms with Crippen LogP contribution >= 0.6 is 15.9 Å². The highest BCUT2D eigenvalue weighted by molar-refractivity contribution is 9.10. The molecule has 0 saturated carbocycles. The van der Waals surface area contributed by atoms with Gasteiger partial charge >= 0.3 is 0 Å². The second-order valence-corrected chi connectivity index (χ2v) is 5.62. The van der Waals surface area contributed by atoms with Crippen molar-refractivity contribution in [3.8, 4) is 17.2 Å². The fraction of sp³-hybridized carbons (Fsp3) is 0.294. The summed E-state index contributed by atoms with van der Waals surface area (Å²) in [7, 11) is 1.92. The van der Waals surface area contributed by atoms with E-state index in [1.807, 2.05) is 43.4 Å². The van der Waals surface area contributed by atoms with Gasteiger partial charge in [0, 0.05) is 16.6 Å². The molecule has 0 aliphatic rings. The van der Waals surface area contributed by atoms with Gasteiger partial charge in [-0.2, -0.15) is 0 Å². The van der Waals surface area contributed by atoms with E-state index in [0.29, 0.717) is 0 Å². The smallest absolute Gasteiger partial charge is 0.133 e. The monoisotopic (exact) mass is 349 g/mol. The van der Waals surface area contributed by atoms with E-state index in [-0.39, 0.29) is 0 Å². The molecule has 0 saturated heterocycles. The van der Waals surface area contributed by atoms with Crippen LogP contribution in [0.5, 0.6) is 17.2 Å². The van der Waals surface area contributed by atoms with E-state index in [9.17, 15) is 0 Å².